The van der Waals surface area contributed by atoms with Crippen LogP contribution in [-0.4, -0.2) is 24.7 Å². The van der Waals surface area contributed by atoms with Crippen LogP contribution in [0.1, 0.15) is 51.9 Å². The fourth-order valence-electron chi connectivity index (χ4n) is 3.09. The third-order valence-electron chi connectivity index (χ3n) is 3.91. The molecule has 3 heteroatoms. The van der Waals surface area contributed by atoms with E-state index in [0.717, 1.165) is 19.3 Å². The summed E-state index contributed by atoms with van der Waals surface area (Å²) in [6.45, 7) is 2.39. The first-order valence-electron chi connectivity index (χ1n) is 6.74. The Kier molecular flexibility index (Phi) is 4.22. The van der Waals surface area contributed by atoms with Crippen LogP contribution in [0.5, 0.6) is 0 Å². The van der Waals surface area contributed by atoms with Crippen LogP contribution in [0.25, 0.3) is 0 Å². The summed E-state index contributed by atoms with van der Waals surface area (Å²) < 4.78 is 5.14. The molecular formula is C13H23NO2. The molecule has 2 atom stereocenters. The third-order valence-corrected chi connectivity index (χ3v) is 3.91. The number of rotatable bonds is 4. The number of carbonyl (C=O) groups excluding carboxylic acids is 1. The molecule has 0 bridgehead atoms. The van der Waals surface area contributed by atoms with Gasteiger partial charge in [-0.25, -0.2) is 0 Å². The van der Waals surface area contributed by atoms with Gasteiger partial charge in [-0.05, 0) is 32.6 Å². The lowest BCUT2D eigenvalue weighted by molar-refractivity contribution is -0.148. The van der Waals surface area contributed by atoms with E-state index in [2.05, 4.69) is 5.32 Å². The molecule has 0 radical (unpaired) electrons. The molecule has 0 aromatic carbocycles. The van der Waals surface area contributed by atoms with Gasteiger partial charge >= 0.3 is 5.97 Å². The minimum atomic E-state index is 0.00972. The van der Waals surface area contributed by atoms with Gasteiger partial charge in [0, 0.05) is 12.1 Å². The van der Waals surface area contributed by atoms with Gasteiger partial charge in [0.1, 0.15) is 0 Å². The smallest absolute Gasteiger partial charge is 0.310 e. The van der Waals surface area contributed by atoms with Gasteiger partial charge in [0.25, 0.3) is 0 Å². The van der Waals surface area contributed by atoms with Gasteiger partial charge < -0.3 is 10.1 Å². The molecule has 0 heterocycles. The standard InChI is InChI=1S/C13H23NO2/c1-2-16-13(15)11-8-5-9-12(11)14-10-6-3-4-7-10/h10-12,14H,2-9H2,1H3/t11-,12+/m0/s1. The molecule has 16 heavy (non-hydrogen) atoms. The predicted octanol–water partition coefficient (Wildman–Crippen LogP) is 2.25. The Morgan fingerprint density at radius 2 is 1.94 bits per heavy atom. The molecule has 0 aromatic rings. The van der Waals surface area contributed by atoms with Crippen LogP contribution >= 0.6 is 0 Å². The second-order valence-electron chi connectivity index (χ2n) is 5.04. The Bertz CT molecular complexity index is 236. The lowest BCUT2D eigenvalue weighted by Crippen LogP contribution is -2.42. The molecular weight excluding hydrogens is 202 g/mol. The second kappa shape index (κ2) is 5.67. The van der Waals surface area contributed by atoms with Gasteiger partial charge in [0.05, 0.1) is 12.5 Å². The minimum Gasteiger partial charge on any atom is -0.466 e. The summed E-state index contributed by atoms with van der Waals surface area (Å²) in [6, 6.07) is 1.03. The first-order valence-corrected chi connectivity index (χ1v) is 6.74. The van der Waals surface area contributed by atoms with Gasteiger partial charge in [0.2, 0.25) is 0 Å². The van der Waals surface area contributed by atoms with E-state index in [-0.39, 0.29) is 11.9 Å². The summed E-state index contributed by atoms with van der Waals surface area (Å²) in [5.74, 6) is 0.121. The largest absolute Gasteiger partial charge is 0.466 e. The molecule has 2 aliphatic rings. The maximum atomic E-state index is 11.8. The first-order chi connectivity index (χ1) is 7.81. The molecule has 1 N–H and O–H groups in total. The molecule has 0 amide bonds. The zero-order valence-electron chi connectivity index (χ0n) is 10.2. The van der Waals surface area contributed by atoms with Crippen molar-refractivity contribution in [3.8, 4) is 0 Å². The van der Waals surface area contributed by atoms with Crippen LogP contribution in [0.4, 0.5) is 0 Å². The molecule has 92 valence electrons. The molecule has 2 fully saturated rings. The summed E-state index contributed by atoms with van der Waals surface area (Å²) in [6.07, 6.45) is 8.55. The van der Waals surface area contributed by atoms with Crippen molar-refractivity contribution < 1.29 is 9.53 Å². The Labute approximate surface area is 97.9 Å². The van der Waals surface area contributed by atoms with E-state index >= 15 is 0 Å². The van der Waals surface area contributed by atoms with Crippen molar-refractivity contribution in [1.82, 2.24) is 5.32 Å². The van der Waals surface area contributed by atoms with E-state index in [0.29, 0.717) is 18.7 Å². The molecule has 0 aromatic heterocycles. The summed E-state index contributed by atoms with van der Waals surface area (Å²) >= 11 is 0. The normalized spacial score (nSPS) is 30.8. The number of carbonyl (C=O) groups is 1. The van der Waals surface area contributed by atoms with Crippen molar-refractivity contribution in [1.29, 1.82) is 0 Å². The lowest BCUT2D eigenvalue weighted by Gasteiger charge is -2.23. The van der Waals surface area contributed by atoms with Gasteiger partial charge in [-0.15, -0.1) is 0 Å². The monoisotopic (exact) mass is 225 g/mol. The Morgan fingerprint density at radius 3 is 2.62 bits per heavy atom. The Balaban J connectivity index is 1.84. The molecule has 2 rings (SSSR count). The highest BCUT2D eigenvalue weighted by atomic mass is 16.5. The molecule has 2 saturated carbocycles. The number of nitrogens with one attached hydrogen (secondary N) is 1. The number of ether oxygens (including phenoxy) is 1. The van der Waals surface area contributed by atoms with Crippen LogP contribution < -0.4 is 5.32 Å². The summed E-state index contributed by atoms with van der Waals surface area (Å²) in [7, 11) is 0. The van der Waals surface area contributed by atoms with E-state index in [1.807, 2.05) is 6.92 Å². The number of hydrogen-bond donors (Lipinski definition) is 1. The van der Waals surface area contributed by atoms with Crippen LogP contribution in [0.15, 0.2) is 0 Å². The zero-order valence-corrected chi connectivity index (χ0v) is 10.2. The Morgan fingerprint density at radius 1 is 1.19 bits per heavy atom. The highest BCUT2D eigenvalue weighted by Gasteiger charge is 2.35. The molecule has 0 unspecified atom stereocenters. The average Bonchev–Trinajstić information content (AvgIpc) is 2.90. The molecule has 0 aliphatic heterocycles. The van der Waals surface area contributed by atoms with E-state index in [1.165, 1.54) is 25.7 Å². The lowest BCUT2D eigenvalue weighted by atomic mass is 10.0. The first kappa shape index (κ1) is 11.9. The van der Waals surface area contributed by atoms with Crippen molar-refractivity contribution in [2.75, 3.05) is 6.61 Å². The fourth-order valence-corrected chi connectivity index (χ4v) is 3.09. The summed E-state index contributed by atoms with van der Waals surface area (Å²) in [5, 5.41) is 3.67. The third kappa shape index (κ3) is 2.76. The molecule has 0 spiro atoms. The number of hydrogen-bond acceptors (Lipinski definition) is 3. The molecule has 0 saturated heterocycles. The Hall–Kier alpha value is -0.570. The van der Waals surface area contributed by atoms with Crippen LogP contribution in [-0.2, 0) is 9.53 Å². The molecule has 2 aliphatic carbocycles. The minimum absolute atomic E-state index is 0.00972. The topological polar surface area (TPSA) is 38.3 Å². The van der Waals surface area contributed by atoms with Crippen molar-refractivity contribution >= 4 is 5.97 Å². The van der Waals surface area contributed by atoms with Crippen LogP contribution in [0.2, 0.25) is 0 Å². The van der Waals surface area contributed by atoms with Crippen molar-refractivity contribution in [3.05, 3.63) is 0 Å². The van der Waals surface area contributed by atoms with E-state index in [1.54, 1.807) is 0 Å². The van der Waals surface area contributed by atoms with Crippen molar-refractivity contribution in [3.63, 3.8) is 0 Å². The van der Waals surface area contributed by atoms with Crippen LogP contribution in [0.3, 0.4) is 0 Å². The number of esters is 1. The van der Waals surface area contributed by atoms with Gasteiger partial charge in [0.15, 0.2) is 0 Å². The van der Waals surface area contributed by atoms with Gasteiger partial charge in [-0.2, -0.15) is 0 Å². The highest BCUT2D eigenvalue weighted by Crippen LogP contribution is 2.29. The highest BCUT2D eigenvalue weighted by molar-refractivity contribution is 5.73. The van der Waals surface area contributed by atoms with E-state index in [9.17, 15) is 4.79 Å². The van der Waals surface area contributed by atoms with Crippen LogP contribution in [0, 0.1) is 5.92 Å². The maximum absolute atomic E-state index is 11.8. The fraction of sp³-hybridized carbons (Fsp3) is 0.923. The quantitative estimate of drug-likeness (QED) is 0.746. The predicted molar refractivity (Wildman–Crippen MR) is 63.2 cm³/mol. The maximum Gasteiger partial charge on any atom is 0.310 e. The second-order valence-corrected chi connectivity index (χ2v) is 5.04. The SMILES string of the molecule is CCOC(=O)[C@H]1CCC[C@H]1NC1CCCC1. The molecule has 3 nitrogen and oxygen atoms in total. The zero-order chi connectivity index (χ0) is 11.4. The van der Waals surface area contributed by atoms with Gasteiger partial charge in [-0.3, -0.25) is 4.79 Å². The summed E-state index contributed by atoms with van der Waals surface area (Å²) in [5.41, 5.74) is 0. The van der Waals surface area contributed by atoms with Gasteiger partial charge in [-0.1, -0.05) is 19.3 Å². The summed E-state index contributed by atoms with van der Waals surface area (Å²) in [4.78, 5) is 11.8. The average molecular weight is 225 g/mol. The van der Waals surface area contributed by atoms with Crippen molar-refractivity contribution in [2.24, 2.45) is 5.92 Å². The van der Waals surface area contributed by atoms with Crippen molar-refractivity contribution in [2.45, 2.75) is 64.0 Å². The van der Waals surface area contributed by atoms with E-state index < -0.39 is 0 Å². The van der Waals surface area contributed by atoms with E-state index in [4.69, 9.17) is 4.74 Å².